The zero-order valence-corrected chi connectivity index (χ0v) is 14.4. The molecule has 4 nitrogen and oxygen atoms in total. The number of hydrogen-bond acceptors (Lipinski definition) is 2. The molecule has 1 aliphatic heterocycles. The second kappa shape index (κ2) is 7.13. The molecule has 0 unspecified atom stereocenters. The monoisotopic (exact) mass is 390 g/mol. The van der Waals surface area contributed by atoms with E-state index in [0.29, 0.717) is 17.3 Å². The van der Waals surface area contributed by atoms with Gasteiger partial charge in [-0.05, 0) is 42.7 Å². The summed E-state index contributed by atoms with van der Waals surface area (Å²) in [4.78, 5) is 24.1. The third kappa shape index (κ3) is 3.82. The zero-order valence-electron chi connectivity index (χ0n) is 12.8. The second-order valence-corrected chi connectivity index (χ2v) is 6.67. The molecule has 24 heavy (non-hydrogen) atoms. The highest BCUT2D eigenvalue weighted by atomic mass is 79.9. The van der Waals surface area contributed by atoms with Crippen LogP contribution in [0.2, 0.25) is 0 Å². The molecule has 0 saturated heterocycles. The molecule has 1 atom stereocenters. The van der Waals surface area contributed by atoms with Crippen molar-refractivity contribution in [2.45, 2.75) is 19.3 Å². The van der Waals surface area contributed by atoms with E-state index in [0.717, 1.165) is 11.3 Å². The number of benzene rings is 2. The third-order valence-corrected chi connectivity index (χ3v) is 4.53. The average molecular weight is 391 g/mol. The Balaban J connectivity index is 1.57. The summed E-state index contributed by atoms with van der Waals surface area (Å²) in [6, 6.07) is 12.1. The van der Waals surface area contributed by atoms with Crippen LogP contribution in [-0.2, 0) is 16.0 Å². The predicted octanol–water partition coefficient (Wildman–Crippen LogP) is 4.12. The Morgan fingerprint density at radius 3 is 2.88 bits per heavy atom. The summed E-state index contributed by atoms with van der Waals surface area (Å²) < 4.78 is 14.3. The van der Waals surface area contributed by atoms with E-state index in [1.807, 2.05) is 24.3 Å². The van der Waals surface area contributed by atoms with Gasteiger partial charge in [0.25, 0.3) is 0 Å². The minimum atomic E-state index is -0.498. The van der Waals surface area contributed by atoms with E-state index in [1.54, 1.807) is 6.07 Å². The lowest BCUT2D eigenvalue weighted by Gasteiger charge is -2.24. The summed E-state index contributed by atoms with van der Waals surface area (Å²) in [5.74, 6) is -1.12. The zero-order chi connectivity index (χ0) is 17.1. The van der Waals surface area contributed by atoms with Gasteiger partial charge in [0.05, 0.1) is 5.69 Å². The Bertz CT molecular complexity index is 794. The molecule has 2 aromatic carbocycles. The SMILES string of the molecule is O=C(CC[C@@H]1Cc2ccccc2NC1=O)Nc1ccc(Br)cc1F. The predicted molar refractivity (Wildman–Crippen MR) is 94.2 cm³/mol. The van der Waals surface area contributed by atoms with Crippen molar-refractivity contribution in [3.8, 4) is 0 Å². The summed E-state index contributed by atoms with van der Waals surface area (Å²) in [6.07, 6.45) is 1.20. The lowest BCUT2D eigenvalue weighted by molar-refractivity contribution is -0.121. The van der Waals surface area contributed by atoms with Crippen molar-refractivity contribution < 1.29 is 14.0 Å². The molecule has 0 fully saturated rings. The first kappa shape index (κ1) is 16.6. The number of fused-ring (bicyclic) bond motifs is 1. The van der Waals surface area contributed by atoms with Crippen molar-refractivity contribution in [1.29, 1.82) is 0 Å². The van der Waals surface area contributed by atoms with Gasteiger partial charge in [0, 0.05) is 22.5 Å². The number of carbonyl (C=O) groups excluding carboxylic acids is 2. The van der Waals surface area contributed by atoms with Crippen molar-refractivity contribution in [2.75, 3.05) is 10.6 Å². The van der Waals surface area contributed by atoms with E-state index in [2.05, 4.69) is 26.6 Å². The van der Waals surface area contributed by atoms with E-state index in [4.69, 9.17) is 0 Å². The number of rotatable bonds is 4. The maximum atomic E-state index is 13.7. The molecule has 2 aromatic rings. The van der Waals surface area contributed by atoms with Crippen LogP contribution in [0.25, 0.3) is 0 Å². The molecule has 1 heterocycles. The molecule has 2 N–H and O–H groups in total. The van der Waals surface area contributed by atoms with Crippen LogP contribution in [-0.4, -0.2) is 11.8 Å². The Labute approximate surface area is 147 Å². The number of anilines is 2. The molecule has 1 aliphatic rings. The normalized spacial score (nSPS) is 16.2. The Hall–Kier alpha value is -2.21. The summed E-state index contributed by atoms with van der Waals surface area (Å²) in [6.45, 7) is 0. The summed E-state index contributed by atoms with van der Waals surface area (Å²) in [5.41, 5.74) is 2.04. The highest BCUT2D eigenvalue weighted by Crippen LogP contribution is 2.27. The van der Waals surface area contributed by atoms with Gasteiger partial charge in [-0.3, -0.25) is 9.59 Å². The number of para-hydroxylation sites is 1. The van der Waals surface area contributed by atoms with E-state index in [1.165, 1.54) is 12.1 Å². The van der Waals surface area contributed by atoms with Gasteiger partial charge >= 0.3 is 0 Å². The molecule has 0 spiro atoms. The van der Waals surface area contributed by atoms with Gasteiger partial charge in [-0.25, -0.2) is 4.39 Å². The number of halogens is 2. The average Bonchev–Trinajstić information content (AvgIpc) is 2.55. The van der Waals surface area contributed by atoms with Crippen LogP contribution in [0.15, 0.2) is 46.9 Å². The lowest BCUT2D eigenvalue weighted by atomic mass is 9.89. The van der Waals surface area contributed by atoms with E-state index < -0.39 is 5.82 Å². The molecule has 0 radical (unpaired) electrons. The second-order valence-electron chi connectivity index (χ2n) is 5.76. The van der Waals surface area contributed by atoms with Gasteiger partial charge in [0.15, 0.2) is 0 Å². The lowest BCUT2D eigenvalue weighted by Crippen LogP contribution is -2.30. The minimum Gasteiger partial charge on any atom is -0.326 e. The van der Waals surface area contributed by atoms with Crippen LogP contribution in [0.1, 0.15) is 18.4 Å². The van der Waals surface area contributed by atoms with Gasteiger partial charge in [-0.1, -0.05) is 34.1 Å². The third-order valence-electron chi connectivity index (χ3n) is 4.04. The molecular weight excluding hydrogens is 375 g/mol. The van der Waals surface area contributed by atoms with Gasteiger partial charge in [-0.15, -0.1) is 0 Å². The molecule has 3 rings (SSSR count). The molecule has 0 aliphatic carbocycles. The fourth-order valence-corrected chi connectivity index (χ4v) is 3.09. The quantitative estimate of drug-likeness (QED) is 0.824. The van der Waals surface area contributed by atoms with Crippen LogP contribution in [0.4, 0.5) is 15.8 Å². The van der Waals surface area contributed by atoms with Crippen molar-refractivity contribution in [3.05, 3.63) is 58.3 Å². The van der Waals surface area contributed by atoms with Gasteiger partial charge in [0.1, 0.15) is 5.82 Å². The molecule has 6 heteroatoms. The molecule has 0 bridgehead atoms. The summed E-state index contributed by atoms with van der Waals surface area (Å²) >= 11 is 3.17. The Kier molecular flexibility index (Phi) is 4.94. The van der Waals surface area contributed by atoms with Crippen LogP contribution in [0.5, 0.6) is 0 Å². The standard InChI is InChI=1S/C18H16BrFN2O2/c19-13-6-7-16(14(20)10-13)21-17(23)8-5-12-9-11-3-1-2-4-15(11)22-18(12)24/h1-4,6-7,10,12H,5,8-9H2,(H,21,23)(H,22,24)/t12-/m1/s1. The van der Waals surface area contributed by atoms with E-state index >= 15 is 0 Å². The largest absolute Gasteiger partial charge is 0.326 e. The molecule has 0 saturated carbocycles. The Morgan fingerprint density at radius 1 is 1.29 bits per heavy atom. The Morgan fingerprint density at radius 2 is 2.08 bits per heavy atom. The molecule has 0 aromatic heterocycles. The van der Waals surface area contributed by atoms with Crippen molar-refractivity contribution in [2.24, 2.45) is 5.92 Å². The molecular formula is C18H16BrFN2O2. The number of hydrogen-bond donors (Lipinski definition) is 2. The van der Waals surface area contributed by atoms with Crippen molar-refractivity contribution in [1.82, 2.24) is 0 Å². The first-order valence-corrected chi connectivity index (χ1v) is 8.46. The smallest absolute Gasteiger partial charge is 0.227 e. The number of carbonyl (C=O) groups is 2. The fraction of sp³-hybridized carbons (Fsp3) is 0.222. The highest BCUT2D eigenvalue weighted by molar-refractivity contribution is 9.10. The summed E-state index contributed by atoms with van der Waals surface area (Å²) in [7, 11) is 0. The number of amides is 2. The van der Waals surface area contributed by atoms with E-state index in [9.17, 15) is 14.0 Å². The highest BCUT2D eigenvalue weighted by Gasteiger charge is 2.26. The molecule has 2 amide bonds. The maximum absolute atomic E-state index is 13.7. The maximum Gasteiger partial charge on any atom is 0.227 e. The summed E-state index contributed by atoms with van der Waals surface area (Å²) in [5, 5.41) is 5.41. The first-order valence-electron chi connectivity index (χ1n) is 7.66. The van der Waals surface area contributed by atoms with Crippen LogP contribution < -0.4 is 10.6 Å². The first-order chi connectivity index (χ1) is 11.5. The van der Waals surface area contributed by atoms with Crippen molar-refractivity contribution in [3.63, 3.8) is 0 Å². The van der Waals surface area contributed by atoms with Gasteiger partial charge < -0.3 is 10.6 Å². The van der Waals surface area contributed by atoms with Crippen LogP contribution in [0.3, 0.4) is 0 Å². The van der Waals surface area contributed by atoms with Crippen LogP contribution >= 0.6 is 15.9 Å². The topological polar surface area (TPSA) is 58.2 Å². The number of nitrogens with one attached hydrogen (secondary N) is 2. The van der Waals surface area contributed by atoms with Crippen molar-refractivity contribution >= 4 is 39.1 Å². The van der Waals surface area contributed by atoms with Gasteiger partial charge in [-0.2, -0.15) is 0 Å². The minimum absolute atomic E-state index is 0.0728. The van der Waals surface area contributed by atoms with E-state index in [-0.39, 0.29) is 29.8 Å². The van der Waals surface area contributed by atoms with Gasteiger partial charge in [0.2, 0.25) is 11.8 Å². The van der Waals surface area contributed by atoms with Crippen LogP contribution in [0, 0.1) is 11.7 Å². The molecule has 124 valence electrons. The fourth-order valence-electron chi connectivity index (χ4n) is 2.76.